The number of carbonyl (C=O) groups excluding carboxylic acids is 1. The van der Waals surface area contributed by atoms with E-state index in [0.29, 0.717) is 16.8 Å². The first-order valence-electron chi connectivity index (χ1n) is 6.18. The number of amides is 1. The molecule has 4 nitrogen and oxygen atoms in total. The van der Waals surface area contributed by atoms with Crippen LogP contribution in [0.25, 0.3) is 10.9 Å². The van der Waals surface area contributed by atoms with Crippen LogP contribution in [-0.4, -0.2) is 16.0 Å². The van der Waals surface area contributed by atoms with Gasteiger partial charge in [-0.15, -0.1) is 0 Å². The average molecular weight is 264 g/mol. The van der Waals surface area contributed by atoms with Gasteiger partial charge in [-0.25, -0.2) is 0 Å². The molecule has 0 saturated heterocycles. The van der Waals surface area contributed by atoms with E-state index in [1.165, 1.54) is 12.1 Å². The highest BCUT2D eigenvalue weighted by Gasteiger charge is 2.10. The van der Waals surface area contributed by atoms with Crippen LogP contribution in [0.1, 0.15) is 10.4 Å². The van der Waals surface area contributed by atoms with Gasteiger partial charge in [0.05, 0.1) is 11.1 Å². The Morgan fingerprint density at radius 2 is 1.75 bits per heavy atom. The summed E-state index contributed by atoms with van der Waals surface area (Å²) in [4.78, 5) is 16.6. The van der Waals surface area contributed by atoms with Gasteiger partial charge in [0.2, 0.25) is 0 Å². The highest BCUT2D eigenvalue weighted by molar-refractivity contribution is 6.11. The van der Waals surface area contributed by atoms with Crippen molar-refractivity contribution in [1.82, 2.24) is 4.98 Å². The number of hydrogen-bond donors (Lipinski definition) is 2. The molecule has 0 unspecified atom stereocenters. The molecule has 4 heteroatoms. The van der Waals surface area contributed by atoms with E-state index in [9.17, 15) is 9.90 Å². The van der Waals surface area contributed by atoms with E-state index in [4.69, 9.17) is 0 Å². The van der Waals surface area contributed by atoms with Gasteiger partial charge < -0.3 is 10.4 Å². The Labute approximate surface area is 115 Å². The van der Waals surface area contributed by atoms with Gasteiger partial charge in [-0.3, -0.25) is 9.78 Å². The summed E-state index contributed by atoms with van der Waals surface area (Å²) in [5.74, 6) is -0.0604. The van der Waals surface area contributed by atoms with Crippen molar-refractivity contribution in [3.8, 4) is 5.75 Å². The third-order valence-corrected chi connectivity index (χ3v) is 3.00. The van der Waals surface area contributed by atoms with E-state index in [2.05, 4.69) is 10.3 Å². The van der Waals surface area contributed by atoms with Crippen molar-refractivity contribution >= 4 is 22.5 Å². The van der Waals surface area contributed by atoms with Gasteiger partial charge in [-0.1, -0.05) is 18.2 Å². The Morgan fingerprint density at radius 1 is 1.00 bits per heavy atom. The Hall–Kier alpha value is -2.88. The molecule has 0 atom stereocenters. The lowest BCUT2D eigenvalue weighted by Crippen LogP contribution is -2.12. The van der Waals surface area contributed by atoms with Crippen molar-refractivity contribution in [2.24, 2.45) is 0 Å². The fourth-order valence-electron chi connectivity index (χ4n) is 2.03. The highest BCUT2D eigenvalue weighted by Crippen LogP contribution is 2.19. The van der Waals surface area contributed by atoms with Gasteiger partial charge >= 0.3 is 0 Å². The van der Waals surface area contributed by atoms with Crippen LogP contribution in [0.4, 0.5) is 5.69 Å². The van der Waals surface area contributed by atoms with Crippen LogP contribution in [0.2, 0.25) is 0 Å². The molecule has 20 heavy (non-hydrogen) atoms. The normalized spacial score (nSPS) is 10.4. The van der Waals surface area contributed by atoms with Crippen LogP contribution in [0.5, 0.6) is 5.75 Å². The Kier molecular flexibility index (Phi) is 3.05. The second kappa shape index (κ2) is 5.01. The number of carbonyl (C=O) groups is 1. The zero-order valence-corrected chi connectivity index (χ0v) is 10.6. The standard InChI is InChI=1S/C16H12N2O2/c19-13-8-6-12(7-9-13)18-16(20)14-5-1-3-11-4-2-10-17-15(11)14/h1-10,19H,(H,18,20). The lowest BCUT2D eigenvalue weighted by molar-refractivity contribution is 0.102. The number of anilines is 1. The van der Waals surface area contributed by atoms with Crippen molar-refractivity contribution in [3.05, 3.63) is 66.4 Å². The van der Waals surface area contributed by atoms with E-state index < -0.39 is 0 Å². The molecule has 0 radical (unpaired) electrons. The first-order chi connectivity index (χ1) is 9.74. The monoisotopic (exact) mass is 264 g/mol. The highest BCUT2D eigenvalue weighted by atomic mass is 16.3. The molecule has 3 rings (SSSR count). The minimum Gasteiger partial charge on any atom is -0.508 e. The number of para-hydroxylation sites is 1. The molecular weight excluding hydrogens is 252 g/mol. The first-order valence-corrected chi connectivity index (χ1v) is 6.18. The molecule has 0 fully saturated rings. The average Bonchev–Trinajstić information content (AvgIpc) is 2.49. The second-order valence-electron chi connectivity index (χ2n) is 4.38. The maximum atomic E-state index is 12.3. The SMILES string of the molecule is O=C(Nc1ccc(O)cc1)c1cccc2cccnc12. The van der Waals surface area contributed by atoms with Crippen LogP contribution in [0.3, 0.4) is 0 Å². The van der Waals surface area contributed by atoms with Crippen molar-refractivity contribution in [2.45, 2.75) is 0 Å². The first kappa shape index (κ1) is 12.2. The predicted octanol–water partition coefficient (Wildman–Crippen LogP) is 3.19. The van der Waals surface area contributed by atoms with Crippen molar-refractivity contribution in [1.29, 1.82) is 0 Å². The third kappa shape index (κ3) is 2.31. The number of aromatic nitrogens is 1. The van der Waals surface area contributed by atoms with Gasteiger partial charge in [0, 0.05) is 17.3 Å². The molecule has 0 aliphatic carbocycles. The molecule has 98 valence electrons. The number of phenolic OH excluding ortho intramolecular Hbond substituents is 1. The fourth-order valence-corrected chi connectivity index (χ4v) is 2.03. The number of aromatic hydroxyl groups is 1. The fraction of sp³-hybridized carbons (Fsp3) is 0. The minimum atomic E-state index is -0.222. The zero-order valence-electron chi connectivity index (χ0n) is 10.6. The van der Waals surface area contributed by atoms with Crippen LogP contribution < -0.4 is 5.32 Å². The van der Waals surface area contributed by atoms with E-state index in [1.807, 2.05) is 24.3 Å². The number of benzene rings is 2. The second-order valence-corrected chi connectivity index (χ2v) is 4.38. The van der Waals surface area contributed by atoms with Crippen molar-refractivity contribution in [3.63, 3.8) is 0 Å². The summed E-state index contributed by atoms with van der Waals surface area (Å²) >= 11 is 0. The summed E-state index contributed by atoms with van der Waals surface area (Å²) in [5.41, 5.74) is 1.82. The van der Waals surface area contributed by atoms with Gasteiger partial charge in [0.1, 0.15) is 5.75 Å². The van der Waals surface area contributed by atoms with E-state index in [1.54, 1.807) is 24.4 Å². The largest absolute Gasteiger partial charge is 0.508 e. The zero-order chi connectivity index (χ0) is 13.9. The third-order valence-electron chi connectivity index (χ3n) is 3.00. The Balaban J connectivity index is 1.94. The lowest BCUT2D eigenvalue weighted by atomic mass is 10.1. The number of phenols is 1. The van der Waals surface area contributed by atoms with Gasteiger partial charge in [-0.05, 0) is 36.4 Å². The summed E-state index contributed by atoms with van der Waals surface area (Å²) < 4.78 is 0. The number of hydrogen-bond acceptors (Lipinski definition) is 3. The quantitative estimate of drug-likeness (QED) is 0.699. The van der Waals surface area contributed by atoms with Gasteiger partial charge in [0.15, 0.2) is 0 Å². The molecule has 0 saturated carbocycles. The number of nitrogens with one attached hydrogen (secondary N) is 1. The van der Waals surface area contributed by atoms with E-state index in [0.717, 1.165) is 5.39 Å². The van der Waals surface area contributed by atoms with Gasteiger partial charge in [0.25, 0.3) is 5.91 Å². The molecular formula is C16H12N2O2. The molecule has 0 aliphatic heterocycles. The van der Waals surface area contributed by atoms with Crippen LogP contribution in [0, 0.1) is 0 Å². The van der Waals surface area contributed by atoms with E-state index >= 15 is 0 Å². The number of fused-ring (bicyclic) bond motifs is 1. The number of rotatable bonds is 2. The molecule has 2 N–H and O–H groups in total. The number of pyridine rings is 1. The molecule has 1 amide bonds. The summed E-state index contributed by atoms with van der Waals surface area (Å²) in [6.45, 7) is 0. The van der Waals surface area contributed by atoms with Crippen molar-refractivity contribution < 1.29 is 9.90 Å². The molecule has 0 bridgehead atoms. The maximum absolute atomic E-state index is 12.3. The van der Waals surface area contributed by atoms with Crippen molar-refractivity contribution in [2.75, 3.05) is 5.32 Å². The van der Waals surface area contributed by atoms with E-state index in [-0.39, 0.29) is 11.7 Å². The topological polar surface area (TPSA) is 62.2 Å². The molecule has 1 heterocycles. The molecule has 1 aromatic heterocycles. The number of nitrogens with zero attached hydrogens (tertiary/aromatic N) is 1. The molecule has 3 aromatic rings. The Bertz CT molecular complexity index is 762. The molecule has 0 spiro atoms. The van der Waals surface area contributed by atoms with Crippen LogP contribution in [-0.2, 0) is 0 Å². The summed E-state index contributed by atoms with van der Waals surface area (Å²) in [6, 6.07) is 15.6. The Morgan fingerprint density at radius 3 is 2.55 bits per heavy atom. The van der Waals surface area contributed by atoms with Crippen LogP contribution >= 0.6 is 0 Å². The van der Waals surface area contributed by atoms with Gasteiger partial charge in [-0.2, -0.15) is 0 Å². The lowest BCUT2D eigenvalue weighted by Gasteiger charge is -2.07. The summed E-state index contributed by atoms with van der Waals surface area (Å²) in [6.07, 6.45) is 1.67. The van der Waals surface area contributed by atoms with Crippen LogP contribution in [0.15, 0.2) is 60.8 Å². The summed E-state index contributed by atoms with van der Waals surface area (Å²) in [7, 11) is 0. The minimum absolute atomic E-state index is 0.162. The predicted molar refractivity (Wildman–Crippen MR) is 77.8 cm³/mol. The summed E-state index contributed by atoms with van der Waals surface area (Å²) in [5, 5.41) is 12.9. The maximum Gasteiger partial charge on any atom is 0.257 e. The molecule has 0 aliphatic rings. The molecule has 2 aromatic carbocycles. The smallest absolute Gasteiger partial charge is 0.257 e.